The van der Waals surface area contributed by atoms with Crippen molar-refractivity contribution in [3.8, 4) is 0 Å². The van der Waals surface area contributed by atoms with E-state index >= 15 is 0 Å². The summed E-state index contributed by atoms with van der Waals surface area (Å²) < 4.78 is 10.8. The first-order chi connectivity index (χ1) is 12.8. The highest BCUT2D eigenvalue weighted by Crippen LogP contribution is 2.38. The van der Waals surface area contributed by atoms with E-state index in [1.807, 2.05) is 25.7 Å². The van der Waals surface area contributed by atoms with Gasteiger partial charge >= 0.3 is 6.09 Å². The van der Waals surface area contributed by atoms with Gasteiger partial charge in [-0.15, -0.1) is 11.3 Å². The molecule has 2 heterocycles. The minimum absolute atomic E-state index is 0.0540. The van der Waals surface area contributed by atoms with Crippen molar-refractivity contribution in [2.24, 2.45) is 0 Å². The summed E-state index contributed by atoms with van der Waals surface area (Å²) in [5, 5.41) is 3.17. The van der Waals surface area contributed by atoms with Gasteiger partial charge in [-0.25, -0.2) is 9.78 Å². The first-order valence-corrected chi connectivity index (χ1v) is 10.8. The van der Waals surface area contributed by atoms with Crippen LogP contribution in [0.25, 0.3) is 0 Å². The third-order valence-electron chi connectivity index (χ3n) is 5.45. The SMILES string of the molecule is COCc1nc(CN2CCN(C(=O)OC(C)(C)C)CC23CCCCC3)cs1. The van der Waals surface area contributed by atoms with Crippen molar-refractivity contribution in [3.63, 3.8) is 0 Å². The van der Waals surface area contributed by atoms with Crippen LogP contribution in [0.15, 0.2) is 5.38 Å². The van der Waals surface area contributed by atoms with Crippen LogP contribution in [0.5, 0.6) is 0 Å². The van der Waals surface area contributed by atoms with Gasteiger partial charge in [0.2, 0.25) is 0 Å². The van der Waals surface area contributed by atoms with E-state index in [4.69, 9.17) is 14.5 Å². The molecule has 2 fully saturated rings. The molecule has 0 N–H and O–H groups in total. The number of piperazine rings is 1. The summed E-state index contributed by atoms with van der Waals surface area (Å²) in [6, 6.07) is 0. The number of hydrogen-bond donors (Lipinski definition) is 0. The van der Waals surface area contributed by atoms with E-state index in [0.717, 1.165) is 43.2 Å². The third kappa shape index (κ3) is 5.21. The van der Waals surface area contributed by atoms with Crippen molar-refractivity contribution in [1.29, 1.82) is 0 Å². The smallest absolute Gasteiger partial charge is 0.410 e. The normalized spacial score (nSPS) is 20.8. The van der Waals surface area contributed by atoms with Crippen LogP contribution in [0, 0.1) is 0 Å². The number of amides is 1. The molecule has 0 bridgehead atoms. The van der Waals surface area contributed by atoms with Crippen molar-refractivity contribution in [2.45, 2.75) is 77.2 Å². The Kier molecular flexibility index (Phi) is 6.43. The molecule has 6 nitrogen and oxygen atoms in total. The molecular formula is C20H33N3O3S. The Balaban J connectivity index is 1.71. The summed E-state index contributed by atoms with van der Waals surface area (Å²) in [7, 11) is 1.70. The van der Waals surface area contributed by atoms with Gasteiger partial charge in [0.1, 0.15) is 10.6 Å². The van der Waals surface area contributed by atoms with E-state index < -0.39 is 5.60 Å². The molecule has 1 saturated heterocycles. The molecule has 0 aromatic carbocycles. The molecule has 1 amide bonds. The van der Waals surface area contributed by atoms with Gasteiger partial charge in [-0.05, 0) is 33.6 Å². The molecular weight excluding hydrogens is 362 g/mol. The topological polar surface area (TPSA) is 54.9 Å². The first-order valence-electron chi connectivity index (χ1n) is 9.96. The summed E-state index contributed by atoms with van der Waals surface area (Å²) in [5.41, 5.74) is 0.716. The Labute approximate surface area is 166 Å². The largest absolute Gasteiger partial charge is 0.444 e. The third-order valence-corrected chi connectivity index (χ3v) is 6.32. The lowest BCUT2D eigenvalue weighted by Crippen LogP contribution is -2.63. The van der Waals surface area contributed by atoms with Crippen molar-refractivity contribution >= 4 is 17.4 Å². The number of carbonyl (C=O) groups excluding carboxylic acids is 1. The predicted molar refractivity (Wildman–Crippen MR) is 107 cm³/mol. The molecule has 1 spiro atoms. The molecule has 1 aromatic heterocycles. The quantitative estimate of drug-likeness (QED) is 0.770. The second-order valence-electron chi connectivity index (χ2n) is 8.77. The molecule has 7 heteroatoms. The van der Waals surface area contributed by atoms with Gasteiger partial charge in [0.05, 0.1) is 12.3 Å². The first kappa shape index (κ1) is 20.6. The van der Waals surface area contributed by atoms with E-state index in [1.54, 1.807) is 18.4 Å². The minimum Gasteiger partial charge on any atom is -0.444 e. The monoisotopic (exact) mass is 395 g/mol. The molecule has 3 rings (SSSR count). The molecule has 0 unspecified atom stereocenters. The number of methoxy groups -OCH3 is 1. The van der Waals surface area contributed by atoms with Crippen LogP contribution in [-0.2, 0) is 22.6 Å². The van der Waals surface area contributed by atoms with E-state index in [-0.39, 0.29) is 11.6 Å². The average molecular weight is 396 g/mol. The maximum atomic E-state index is 12.6. The van der Waals surface area contributed by atoms with Gasteiger partial charge in [-0.3, -0.25) is 4.90 Å². The van der Waals surface area contributed by atoms with Crippen LogP contribution in [-0.4, -0.2) is 58.8 Å². The van der Waals surface area contributed by atoms with Gasteiger partial charge in [0, 0.05) is 44.2 Å². The molecule has 27 heavy (non-hydrogen) atoms. The fraction of sp³-hybridized carbons (Fsp3) is 0.800. The maximum Gasteiger partial charge on any atom is 0.410 e. The van der Waals surface area contributed by atoms with Crippen LogP contribution < -0.4 is 0 Å². The summed E-state index contributed by atoms with van der Waals surface area (Å²) >= 11 is 1.66. The molecule has 152 valence electrons. The predicted octanol–water partition coefficient (Wildman–Crippen LogP) is 4.05. The van der Waals surface area contributed by atoms with Crippen LogP contribution >= 0.6 is 11.3 Å². The van der Waals surface area contributed by atoms with Crippen molar-refractivity contribution < 1.29 is 14.3 Å². The minimum atomic E-state index is -0.452. The number of nitrogens with zero attached hydrogens (tertiary/aromatic N) is 3. The lowest BCUT2D eigenvalue weighted by atomic mass is 9.78. The molecule has 1 aromatic rings. The average Bonchev–Trinajstić information content (AvgIpc) is 3.04. The Hall–Kier alpha value is -1.18. The van der Waals surface area contributed by atoms with Gasteiger partial charge in [0.15, 0.2) is 0 Å². The van der Waals surface area contributed by atoms with Gasteiger partial charge in [-0.1, -0.05) is 19.3 Å². The standard InChI is InChI=1S/C20H33N3O3S/c1-19(2,3)26-18(24)22-10-11-23(20(15-22)8-6-5-7-9-20)12-16-14-27-17(21-16)13-25-4/h14H,5-13,15H2,1-4H3. The van der Waals surface area contributed by atoms with Crippen molar-refractivity contribution in [2.75, 3.05) is 26.7 Å². The molecule has 2 aliphatic rings. The van der Waals surface area contributed by atoms with Crippen molar-refractivity contribution in [3.05, 3.63) is 16.1 Å². The Morgan fingerprint density at radius 3 is 2.67 bits per heavy atom. The number of ether oxygens (including phenoxy) is 2. The number of thiazole rings is 1. The highest BCUT2D eigenvalue weighted by atomic mass is 32.1. The second kappa shape index (κ2) is 8.45. The molecule has 0 atom stereocenters. The van der Waals surface area contributed by atoms with Crippen LogP contribution in [0.4, 0.5) is 4.79 Å². The lowest BCUT2D eigenvalue weighted by molar-refractivity contribution is -0.0447. The van der Waals surface area contributed by atoms with E-state index in [0.29, 0.717) is 13.2 Å². The maximum absolute atomic E-state index is 12.6. The summed E-state index contributed by atoms with van der Waals surface area (Å²) in [6.45, 7) is 9.55. The molecule has 0 radical (unpaired) electrons. The fourth-order valence-electron chi connectivity index (χ4n) is 4.23. The van der Waals surface area contributed by atoms with E-state index in [9.17, 15) is 4.79 Å². The van der Waals surface area contributed by atoms with Gasteiger partial charge in [0.25, 0.3) is 0 Å². The lowest BCUT2D eigenvalue weighted by Gasteiger charge is -2.52. The van der Waals surface area contributed by atoms with E-state index in [1.165, 1.54) is 19.3 Å². The molecule has 1 aliphatic heterocycles. The zero-order valence-corrected chi connectivity index (χ0v) is 17.9. The Morgan fingerprint density at radius 1 is 1.26 bits per heavy atom. The fourth-order valence-corrected chi connectivity index (χ4v) is 4.99. The highest BCUT2D eigenvalue weighted by Gasteiger charge is 2.44. The number of hydrogen-bond acceptors (Lipinski definition) is 6. The van der Waals surface area contributed by atoms with Gasteiger partial charge < -0.3 is 14.4 Å². The summed E-state index contributed by atoms with van der Waals surface area (Å²) in [4.78, 5) is 21.9. The number of carbonyl (C=O) groups is 1. The van der Waals surface area contributed by atoms with E-state index in [2.05, 4.69) is 10.3 Å². The second-order valence-corrected chi connectivity index (χ2v) is 9.72. The summed E-state index contributed by atoms with van der Waals surface area (Å²) in [5.74, 6) is 0. The summed E-state index contributed by atoms with van der Waals surface area (Å²) in [6.07, 6.45) is 5.84. The molecule has 1 aliphatic carbocycles. The Morgan fingerprint density at radius 2 is 2.00 bits per heavy atom. The van der Waals surface area contributed by atoms with Crippen LogP contribution in [0.3, 0.4) is 0 Å². The zero-order valence-electron chi connectivity index (χ0n) is 17.1. The van der Waals surface area contributed by atoms with Gasteiger partial charge in [-0.2, -0.15) is 0 Å². The Bertz CT molecular complexity index is 635. The number of aromatic nitrogens is 1. The number of rotatable bonds is 4. The van der Waals surface area contributed by atoms with Crippen LogP contribution in [0.1, 0.15) is 63.6 Å². The van der Waals surface area contributed by atoms with Crippen LogP contribution in [0.2, 0.25) is 0 Å². The highest BCUT2D eigenvalue weighted by molar-refractivity contribution is 7.09. The van der Waals surface area contributed by atoms with Crippen molar-refractivity contribution in [1.82, 2.24) is 14.8 Å². The zero-order chi connectivity index (χ0) is 19.5. The molecule has 1 saturated carbocycles.